The lowest BCUT2D eigenvalue weighted by atomic mass is 10.9. The molecule has 0 amide bonds. The van der Waals surface area contributed by atoms with E-state index in [1.165, 1.54) is 0 Å². The van der Waals surface area contributed by atoms with Gasteiger partial charge >= 0.3 is 0 Å². The minimum atomic E-state index is -4.44. The summed E-state index contributed by atoms with van der Waals surface area (Å²) < 4.78 is 13.9. The molecule has 1 aliphatic rings. The zero-order valence-corrected chi connectivity index (χ0v) is 4.88. The van der Waals surface area contributed by atoms with Gasteiger partial charge in [0.15, 0.2) is 6.54 Å². The van der Waals surface area contributed by atoms with Crippen LogP contribution in [-0.4, -0.2) is 17.7 Å². The van der Waals surface area contributed by atoms with Crippen molar-refractivity contribution >= 4 is 7.82 Å². The van der Waals surface area contributed by atoms with Crippen LogP contribution < -0.4 is 10.2 Å². The van der Waals surface area contributed by atoms with Gasteiger partial charge in [-0.3, -0.25) is 9.09 Å². The molecule has 6 heteroatoms. The van der Waals surface area contributed by atoms with Crippen LogP contribution in [-0.2, 0) is 9.09 Å². The Morgan fingerprint density at radius 1 is 2.00 bits per heavy atom. The van der Waals surface area contributed by atoms with E-state index < -0.39 is 7.82 Å². The van der Waals surface area contributed by atoms with Crippen molar-refractivity contribution in [3.05, 3.63) is 0 Å². The molecular formula is C2H6NO4P. The fraction of sp³-hybridized carbons (Fsp3) is 1.00. The first-order valence-electron chi connectivity index (χ1n) is 2.13. The van der Waals surface area contributed by atoms with E-state index in [4.69, 9.17) is 4.89 Å². The van der Waals surface area contributed by atoms with Gasteiger partial charge < -0.3 is 15.1 Å². The Morgan fingerprint density at radius 2 is 2.50 bits per heavy atom. The Morgan fingerprint density at radius 3 is 2.62 bits per heavy atom. The Bertz CT molecular complexity index is 126. The maximum atomic E-state index is 9.82. The highest BCUT2D eigenvalue weighted by Gasteiger charge is 2.31. The van der Waals surface area contributed by atoms with E-state index in [-0.39, 0.29) is 6.23 Å². The molecule has 0 bridgehead atoms. The Hall–Kier alpha value is 0.0700. The zero-order valence-electron chi connectivity index (χ0n) is 3.98. The van der Waals surface area contributed by atoms with Gasteiger partial charge in [0.1, 0.15) is 0 Å². The summed E-state index contributed by atoms with van der Waals surface area (Å²) in [5.41, 5.74) is 0. The molecule has 0 aliphatic carbocycles. The van der Waals surface area contributed by atoms with Gasteiger partial charge in [0, 0.05) is 0 Å². The summed E-state index contributed by atoms with van der Waals surface area (Å²) in [5, 5.41) is 1.64. The lowest BCUT2D eigenvalue weighted by molar-refractivity contribution is -0.522. The summed E-state index contributed by atoms with van der Waals surface area (Å²) >= 11 is 0. The molecule has 3 N–H and O–H groups in total. The Kier molecular flexibility index (Phi) is 1.38. The largest absolute Gasteiger partial charge is 0.756 e. The third kappa shape index (κ3) is 2.40. The number of hydrogen-bond acceptors (Lipinski definition) is 3. The van der Waals surface area contributed by atoms with Crippen LogP contribution in [0, 0.1) is 0 Å². The van der Waals surface area contributed by atoms with Gasteiger partial charge in [-0.05, 0) is 0 Å². The topological polar surface area (TPSA) is 86.2 Å². The first-order valence-corrected chi connectivity index (χ1v) is 3.63. The van der Waals surface area contributed by atoms with Gasteiger partial charge in [0.2, 0.25) is 6.23 Å². The van der Waals surface area contributed by atoms with Crippen molar-refractivity contribution in [3.63, 3.8) is 0 Å². The fourth-order valence-corrected chi connectivity index (χ4v) is 0.827. The van der Waals surface area contributed by atoms with Gasteiger partial charge in [-0.15, -0.1) is 0 Å². The highest BCUT2D eigenvalue weighted by Crippen LogP contribution is 2.31. The van der Waals surface area contributed by atoms with Crippen LogP contribution in [0.5, 0.6) is 0 Å². The monoisotopic (exact) mass is 139 g/mol. The molecule has 0 aromatic rings. The van der Waals surface area contributed by atoms with Crippen molar-refractivity contribution in [2.45, 2.75) is 6.23 Å². The molecule has 1 saturated heterocycles. The number of phosphoric ester groups is 1. The Balaban J connectivity index is 2.26. The van der Waals surface area contributed by atoms with Crippen molar-refractivity contribution in [3.8, 4) is 0 Å². The maximum absolute atomic E-state index is 9.82. The maximum Gasteiger partial charge on any atom is 0.270 e. The molecule has 5 nitrogen and oxygen atoms in total. The molecule has 1 fully saturated rings. The second kappa shape index (κ2) is 1.79. The van der Waals surface area contributed by atoms with Crippen molar-refractivity contribution < 1.29 is 24.2 Å². The summed E-state index contributed by atoms with van der Waals surface area (Å²) in [7, 11) is -4.44. The quantitative estimate of drug-likeness (QED) is 0.323. The molecule has 48 valence electrons. The molecule has 2 atom stereocenters. The average molecular weight is 139 g/mol. The van der Waals surface area contributed by atoms with Crippen LogP contribution in [0.1, 0.15) is 0 Å². The molecule has 0 aromatic heterocycles. The summed E-state index contributed by atoms with van der Waals surface area (Å²) in [6.07, 6.45) is -0.358. The molecular weight excluding hydrogens is 133 g/mol. The first kappa shape index (κ1) is 6.19. The standard InChI is InChI=1S/C2H6NO4P/c4-8(5,6)7-2-1-3-2/h2-3H,1H2,(H2,4,5,6)/t2-/m1/s1. The minimum Gasteiger partial charge on any atom is -0.756 e. The van der Waals surface area contributed by atoms with Crippen LogP contribution in [0.3, 0.4) is 0 Å². The normalized spacial score (nSPS) is 34.0. The summed E-state index contributed by atoms with van der Waals surface area (Å²) in [4.78, 5) is 17.8. The summed E-state index contributed by atoms with van der Waals surface area (Å²) in [5.74, 6) is 0. The van der Waals surface area contributed by atoms with Crippen LogP contribution >= 0.6 is 7.82 Å². The Labute approximate surface area is 45.9 Å². The van der Waals surface area contributed by atoms with Gasteiger partial charge in [0.05, 0.1) is 0 Å². The zero-order chi connectivity index (χ0) is 6.20. The lowest BCUT2D eigenvalue weighted by Crippen LogP contribution is -2.60. The predicted octanol–water partition coefficient (Wildman–Crippen LogP) is -2.63. The van der Waals surface area contributed by atoms with E-state index in [1.54, 1.807) is 5.32 Å². The average Bonchev–Trinajstić information content (AvgIpc) is 2.12. The van der Waals surface area contributed by atoms with Gasteiger partial charge in [-0.2, -0.15) is 0 Å². The van der Waals surface area contributed by atoms with E-state index in [9.17, 15) is 9.46 Å². The number of phosphoric acid groups is 1. The minimum absolute atomic E-state index is 0.358. The molecule has 0 radical (unpaired) electrons. The van der Waals surface area contributed by atoms with Crippen LogP contribution in [0.15, 0.2) is 0 Å². The number of quaternary nitrogens is 1. The SMILES string of the molecule is O=P([O-])(O)O[C@@H]1C[NH2+]1. The molecule has 1 rings (SSSR count). The van der Waals surface area contributed by atoms with Crippen molar-refractivity contribution in [2.24, 2.45) is 0 Å². The number of nitrogens with two attached hydrogens (primary N) is 1. The predicted molar refractivity (Wildman–Crippen MR) is 21.5 cm³/mol. The van der Waals surface area contributed by atoms with E-state index in [2.05, 4.69) is 4.52 Å². The smallest absolute Gasteiger partial charge is 0.270 e. The third-order valence-electron chi connectivity index (χ3n) is 0.697. The van der Waals surface area contributed by atoms with E-state index >= 15 is 0 Å². The van der Waals surface area contributed by atoms with E-state index in [0.717, 1.165) is 0 Å². The van der Waals surface area contributed by atoms with Crippen LogP contribution in [0.25, 0.3) is 0 Å². The highest BCUT2D eigenvalue weighted by molar-refractivity contribution is 7.44. The summed E-state index contributed by atoms with van der Waals surface area (Å²) in [6.45, 7) is 0.618. The molecule has 1 unspecified atom stereocenters. The molecule has 1 aliphatic heterocycles. The van der Waals surface area contributed by atoms with Gasteiger partial charge in [-0.25, -0.2) is 0 Å². The van der Waals surface area contributed by atoms with E-state index in [0.29, 0.717) is 6.54 Å². The van der Waals surface area contributed by atoms with Crippen LogP contribution in [0.4, 0.5) is 0 Å². The van der Waals surface area contributed by atoms with Gasteiger partial charge in [0.25, 0.3) is 7.82 Å². The third-order valence-corrected chi connectivity index (χ3v) is 1.23. The fourth-order valence-electron chi connectivity index (χ4n) is 0.313. The lowest BCUT2D eigenvalue weighted by Gasteiger charge is -2.10. The van der Waals surface area contributed by atoms with Crippen molar-refractivity contribution in [1.82, 2.24) is 0 Å². The van der Waals surface area contributed by atoms with Crippen LogP contribution in [0.2, 0.25) is 0 Å². The molecule has 0 aromatic carbocycles. The number of rotatable bonds is 2. The number of hydrogen-bond donors (Lipinski definition) is 2. The molecule has 8 heavy (non-hydrogen) atoms. The molecule has 1 heterocycles. The first-order chi connectivity index (χ1) is 3.58. The van der Waals surface area contributed by atoms with Gasteiger partial charge in [-0.1, -0.05) is 0 Å². The van der Waals surface area contributed by atoms with Crippen molar-refractivity contribution in [1.29, 1.82) is 0 Å². The van der Waals surface area contributed by atoms with Crippen molar-refractivity contribution in [2.75, 3.05) is 6.54 Å². The molecule has 0 saturated carbocycles. The second-order valence-corrected chi connectivity index (χ2v) is 2.73. The second-order valence-electron chi connectivity index (χ2n) is 1.58. The summed E-state index contributed by atoms with van der Waals surface area (Å²) in [6, 6.07) is 0. The van der Waals surface area contributed by atoms with E-state index in [1.807, 2.05) is 0 Å². The molecule has 0 spiro atoms. The highest BCUT2D eigenvalue weighted by atomic mass is 31.2.